The SMILES string of the molecule is CC(NC(=O)Cc1ccc(-n2cnnn2)cc1)c1ccc(NC(=O)C2CC2)cc1. The normalized spacial score (nSPS) is 14.2. The number of anilines is 1. The summed E-state index contributed by atoms with van der Waals surface area (Å²) in [6.07, 6.45) is 3.77. The lowest BCUT2D eigenvalue weighted by atomic mass is 10.1. The molecule has 29 heavy (non-hydrogen) atoms. The largest absolute Gasteiger partial charge is 0.349 e. The fraction of sp³-hybridized carbons (Fsp3) is 0.286. The first-order chi connectivity index (χ1) is 14.1. The highest BCUT2D eigenvalue weighted by atomic mass is 16.2. The highest BCUT2D eigenvalue weighted by Gasteiger charge is 2.29. The summed E-state index contributed by atoms with van der Waals surface area (Å²) in [5.41, 5.74) is 3.51. The first kappa shape index (κ1) is 18.8. The van der Waals surface area contributed by atoms with Crippen molar-refractivity contribution in [3.63, 3.8) is 0 Å². The Balaban J connectivity index is 1.30. The van der Waals surface area contributed by atoms with E-state index in [2.05, 4.69) is 26.2 Å². The van der Waals surface area contributed by atoms with Gasteiger partial charge in [-0.3, -0.25) is 9.59 Å². The molecule has 1 fully saturated rings. The first-order valence-corrected chi connectivity index (χ1v) is 9.61. The fourth-order valence-corrected chi connectivity index (χ4v) is 3.05. The molecule has 148 valence electrons. The second kappa shape index (κ2) is 8.22. The van der Waals surface area contributed by atoms with Crippen LogP contribution >= 0.6 is 0 Å². The number of rotatable bonds is 7. The summed E-state index contributed by atoms with van der Waals surface area (Å²) in [5.74, 6) is 0.207. The number of aromatic nitrogens is 4. The van der Waals surface area contributed by atoms with Crippen LogP contribution in [-0.2, 0) is 16.0 Å². The molecular formula is C21H22N6O2. The fourth-order valence-electron chi connectivity index (χ4n) is 3.05. The highest BCUT2D eigenvalue weighted by Crippen LogP contribution is 2.30. The number of benzene rings is 2. The van der Waals surface area contributed by atoms with Gasteiger partial charge in [0.25, 0.3) is 0 Å². The van der Waals surface area contributed by atoms with Gasteiger partial charge in [-0.15, -0.1) is 5.10 Å². The molecule has 2 amide bonds. The summed E-state index contributed by atoms with van der Waals surface area (Å²) in [6.45, 7) is 1.94. The van der Waals surface area contributed by atoms with Crippen LogP contribution in [0.1, 0.15) is 36.9 Å². The average molecular weight is 390 g/mol. The molecule has 0 bridgehead atoms. The molecule has 1 aromatic heterocycles. The molecule has 1 saturated carbocycles. The van der Waals surface area contributed by atoms with E-state index in [4.69, 9.17) is 0 Å². The minimum Gasteiger partial charge on any atom is -0.349 e. The molecule has 1 atom stereocenters. The Hall–Kier alpha value is -3.55. The lowest BCUT2D eigenvalue weighted by Crippen LogP contribution is -2.28. The van der Waals surface area contributed by atoms with E-state index in [1.807, 2.05) is 55.5 Å². The Morgan fingerprint density at radius 3 is 2.45 bits per heavy atom. The van der Waals surface area contributed by atoms with Crippen molar-refractivity contribution in [1.82, 2.24) is 25.5 Å². The number of tetrazole rings is 1. The molecule has 0 aliphatic heterocycles. The molecule has 4 rings (SSSR count). The quantitative estimate of drug-likeness (QED) is 0.645. The van der Waals surface area contributed by atoms with E-state index in [-0.39, 0.29) is 30.2 Å². The van der Waals surface area contributed by atoms with Crippen molar-refractivity contribution < 1.29 is 9.59 Å². The zero-order valence-electron chi connectivity index (χ0n) is 16.1. The van der Waals surface area contributed by atoms with E-state index in [0.29, 0.717) is 0 Å². The Labute approximate surface area is 168 Å². The molecule has 8 heteroatoms. The lowest BCUT2D eigenvalue weighted by Gasteiger charge is -2.15. The zero-order valence-corrected chi connectivity index (χ0v) is 16.1. The van der Waals surface area contributed by atoms with Gasteiger partial charge in [0, 0.05) is 11.6 Å². The van der Waals surface area contributed by atoms with Crippen LogP contribution in [0.2, 0.25) is 0 Å². The molecule has 1 aliphatic carbocycles. The minimum absolute atomic E-state index is 0.0567. The van der Waals surface area contributed by atoms with Gasteiger partial charge >= 0.3 is 0 Å². The van der Waals surface area contributed by atoms with Crippen LogP contribution in [0.3, 0.4) is 0 Å². The van der Waals surface area contributed by atoms with Crippen molar-refractivity contribution in [2.24, 2.45) is 5.92 Å². The molecule has 2 aromatic carbocycles. The lowest BCUT2D eigenvalue weighted by molar-refractivity contribution is -0.121. The molecule has 0 radical (unpaired) electrons. The van der Waals surface area contributed by atoms with E-state index < -0.39 is 0 Å². The summed E-state index contributed by atoms with van der Waals surface area (Å²) >= 11 is 0. The van der Waals surface area contributed by atoms with Crippen molar-refractivity contribution in [1.29, 1.82) is 0 Å². The van der Waals surface area contributed by atoms with E-state index in [1.54, 1.807) is 4.68 Å². The summed E-state index contributed by atoms with van der Waals surface area (Å²) in [6, 6.07) is 15.0. The van der Waals surface area contributed by atoms with Crippen LogP contribution in [0, 0.1) is 5.92 Å². The number of nitrogens with one attached hydrogen (secondary N) is 2. The molecule has 2 N–H and O–H groups in total. The first-order valence-electron chi connectivity index (χ1n) is 9.61. The van der Waals surface area contributed by atoms with Crippen molar-refractivity contribution in [3.8, 4) is 5.69 Å². The second-order valence-electron chi connectivity index (χ2n) is 7.27. The molecule has 0 spiro atoms. The van der Waals surface area contributed by atoms with E-state index in [1.165, 1.54) is 6.33 Å². The Morgan fingerprint density at radius 2 is 1.83 bits per heavy atom. The van der Waals surface area contributed by atoms with Crippen LogP contribution in [0.15, 0.2) is 54.9 Å². The van der Waals surface area contributed by atoms with Gasteiger partial charge in [0.15, 0.2) is 0 Å². The van der Waals surface area contributed by atoms with Crippen molar-refractivity contribution in [2.75, 3.05) is 5.32 Å². The van der Waals surface area contributed by atoms with Crippen LogP contribution in [-0.4, -0.2) is 32.0 Å². The predicted octanol–water partition coefficient (Wildman–Crippen LogP) is 2.43. The number of hydrogen-bond donors (Lipinski definition) is 2. The van der Waals surface area contributed by atoms with E-state index in [9.17, 15) is 9.59 Å². The summed E-state index contributed by atoms with van der Waals surface area (Å²) in [5, 5.41) is 17.0. The third kappa shape index (κ3) is 4.84. The Bertz CT molecular complexity index is 979. The van der Waals surface area contributed by atoms with Crippen LogP contribution in [0.5, 0.6) is 0 Å². The smallest absolute Gasteiger partial charge is 0.227 e. The molecule has 0 saturated heterocycles. The van der Waals surface area contributed by atoms with Gasteiger partial charge in [-0.05, 0) is 65.6 Å². The van der Waals surface area contributed by atoms with Gasteiger partial charge in [0.1, 0.15) is 6.33 Å². The van der Waals surface area contributed by atoms with Crippen LogP contribution in [0.25, 0.3) is 5.69 Å². The van der Waals surface area contributed by atoms with Gasteiger partial charge in [0.2, 0.25) is 11.8 Å². The Morgan fingerprint density at radius 1 is 1.10 bits per heavy atom. The van der Waals surface area contributed by atoms with E-state index in [0.717, 1.165) is 35.3 Å². The molecule has 1 unspecified atom stereocenters. The van der Waals surface area contributed by atoms with Crippen molar-refractivity contribution in [2.45, 2.75) is 32.2 Å². The number of nitrogens with zero attached hydrogens (tertiary/aromatic N) is 4. The van der Waals surface area contributed by atoms with Gasteiger partial charge in [0.05, 0.1) is 18.2 Å². The third-order valence-corrected chi connectivity index (χ3v) is 4.92. The van der Waals surface area contributed by atoms with Gasteiger partial charge in [-0.1, -0.05) is 24.3 Å². The topological polar surface area (TPSA) is 102 Å². The van der Waals surface area contributed by atoms with Gasteiger partial charge in [-0.25, -0.2) is 4.68 Å². The maximum atomic E-state index is 12.4. The summed E-state index contributed by atoms with van der Waals surface area (Å²) in [7, 11) is 0. The summed E-state index contributed by atoms with van der Waals surface area (Å²) in [4.78, 5) is 24.2. The van der Waals surface area contributed by atoms with Crippen molar-refractivity contribution >= 4 is 17.5 Å². The molecule has 8 nitrogen and oxygen atoms in total. The average Bonchev–Trinajstić information content (AvgIpc) is 3.44. The zero-order chi connectivity index (χ0) is 20.2. The summed E-state index contributed by atoms with van der Waals surface area (Å²) < 4.78 is 1.56. The number of carbonyl (C=O) groups is 2. The molecular weight excluding hydrogens is 368 g/mol. The monoisotopic (exact) mass is 390 g/mol. The molecule has 1 heterocycles. The Kier molecular flexibility index (Phi) is 5.33. The van der Waals surface area contributed by atoms with Gasteiger partial charge in [-0.2, -0.15) is 0 Å². The molecule has 3 aromatic rings. The number of hydrogen-bond acceptors (Lipinski definition) is 5. The second-order valence-corrected chi connectivity index (χ2v) is 7.27. The van der Waals surface area contributed by atoms with Crippen molar-refractivity contribution in [3.05, 3.63) is 66.0 Å². The van der Waals surface area contributed by atoms with E-state index >= 15 is 0 Å². The predicted molar refractivity (Wildman–Crippen MR) is 107 cm³/mol. The third-order valence-electron chi connectivity index (χ3n) is 4.92. The number of amides is 2. The minimum atomic E-state index is -0.129. The maximum absolute atomic E-state index is 12.4. The maximum Gasteiger partial charge on any atom is 0.227 e. The number of carbonyl (C=O) groups excluding carboxylic acids is 2. The molecule has 1 aliphatic rings. The van der Waals surface area contributed by atoms with Crippen LogP contribution in [0.4, 0.5) is 5.69 Å². The standard InChI is InChI=1S/C21H22N6O2/c1-14(16-6-8-18(9-7-16)24-21(29)17-4-5-17)23-20(28)12-15-2-10-19(11-3-15)27-13-22-25-26-27/h2-3,6-11,13-14,17H,4-5,12H2,1H3,(H,23,28)(H,24,29). The van der Waals surface area contributed by atoms with Gasteiger partial charge < -0.3 is 10.6 Å². The van der Waals surface area contributed by atoms with Crippen LogP contribution < -0.4 is 10.6 Å². The highest BCUT2D eigenvalue weighted by molar-refractivity contribution is 5.94.